The van der Waals surface area contributed by atoms with Crippen molar-refractivity contribution in [3.8, 4) is 17.6 Å². The monoisotopic (exact) mass is 447 g/mol. The summed E-state index contributed by atoms with van der Waals surface area (Å²) in [5, 5.41) is 14.0. The third-order valence-electron chi connectivity index (χ3n) is 4.49. The highest BCUT2D eigenvalue weighted by Crippen LogP contribution is 2.29. The summed E-state index contributed by atoms with van der Waals surface area (Å²) in [6.07, 6.45) is 1.49. The van der Waals surface area contributed by atoms with Gasteiger partial charge in [0.25, 0.3) is 5.91 Å². The van der Waals surface area contributed by atoms with E-state index in [4.69, 9.17) is 21.1 Å². The fraction of sp³-hybridized carbons (Fsp3) is 0.160. The number of nitriles is 1. The van der Waals surface area contributed by atoms with Crippen LogP contribution in [0.5, 0.6) is 11.5 Å². The van der Waals surface area contributed by atoms with Gasteiger partial charge in [0.15, 0.2) is 17.4 Å². The highest BCUT2D eigenvalue weighted by Gasteiger charge is 2.19. The van der Waals surface area contributed by atoms with Gasteiger partial charge in [0.2, 0.25) is 0 Å². The number of nitrogens with one attached hydrogen (secondary N) is 1. The van der Waals surface area contributed by atoms with Gasteiger partial charge < -0.3 is 9.47 Å². The van der Waals surface area contributed by atoms with E-state index in [9.17, 15) is 10.1 Å². The maximum absolute atomic E-state index is 12.3. The van der Waals surface area contributed by atoms with Gasteiger partial charge in [0.1, 0.15) is 6.61 Å². The summed E-state index contributed by atoms with van der Waals surface area (Å²) in [5.74, 6) is -0.272. The number of halogens is 1. The van der Waals surface area contributed by atoms with Crippen molar-refractivity contribution in [3.63, 3.8) is 0 Å². The van der Waals surface area contributed by atoms with Crippen LogP contribution in [0.3, 0.4) is 0 Å². The number of hydrogen-bond acceptors (Lipinski definition) is 5. The normalized spacial score (nSPS) is 11.5. The molecular formula is C25H22ClN3O3. The van der Waals surface area contributed by atoms with Crippen molar-refractivity contribution in [2.75, 3.05) is 6.61 Å². The molecule has 3 aromatic rings. The molecule has 3 aromatic carbocycles. The largest absolute Gasteiger partial charge is 0.490 e. The minimum absolute atomic E-state index is 0.371. The Hall–Kier alpha value is -3.82. The minimum Gasteiger partial charge on any atom is -0.490 e. The Kier molecular flexibility index (Phi) is 8.24. The first-order chi connectivity index (χ1) is 15.6. The molecule has 0 saturated carbocycles. The van der Waals surface area contributed by atoms with E-state index < -0.39 is 11.8 Å². The predicted octanol–water partition coefficient (Wildman–Crippen LogP) is 5.08. The van der Waals surface area contributed by atoms with E-state index >= 15 is 0 Å². The topological polar surface area (TPSA) is 83.7 Å². The molecule has 32 heavy (non-hydrogen) atoms. The van der Waals surface area contributed by atoms with Gasteiger partial charge in [-0.1, -0.05) is 54.1 Å². The molecule has 3 rings (SSSR count). The molecule has 0 aliphatic carbocycles. The van der Waals surface area contributed by atoms with Crippen LogP contribution in [0.2, 0.25) is 5.02 Å². The molecule has 1 amide bonds. The molecule has 0 aliphatic heterocycles. The first-order valence-corrected chi connectivity index (χ1v) is 10.4. The lowest BCUT2D eigenvalue weighted by Crippen LogP contribution is -2.24. The van der Waals surface area contributed by atoms with Crippen LogP contribution in [0.25, 0.3) is 0 Å². The first kappa shape index (κ1) is 22.9. The summed E-state index contributed by atoms with van der Waals surface area (Å²) in [6, 6.07) is 23.6. The lowest BCUT2D eigenvalue weighted by atomic mass is 10.0. The summed E-state index contributed by atoms with van der Waals surface area (Å²) in [7, 11) is 0. The second-order valence-corrected chi connectivity index (χ2v) is 7.20. The molecule has 0 aromatic heterocycles. The summed E-state index contributed by atoms with van der Waals surface area (Å²) < 4.78 is 11.6. The lowest BCUT2D eigenvalue weighted by Gasteiger charge is -2.13. The van der Waals surface area contributed by atoms with Gasteiger partial charge in [0, 0.05) is 5.02 Å². The van der Waals surface area contributed by atoms with Gasteiger partial charge in [0.05, 0.1) is 18.9 Å². The zero-order chi connectivity index (χ0) is 22.8. The van der Waals surface area contributed by atoms with Crippen molar-refractivity contribution >= 4 is 23.7 Å². The zero-order valence-corrected chi connectivity index (χ0v) is 18.3. The third kappa shape index (κ3) is 6.34. The molecule has 0 saturated heterocycles. The van der Waals surface area contributed by atoms with Crippen LogP contribution in [-0.4, -0.2) is 18.7 Å². The molecule has 6 nitrogen and oxygen atoms in total. The van der Waals surface area contributed by atoms with E-state index in [1.807, 2.05) is 43.3 Å². The zero-order valence-electron chi connectivity index (χ0n) is 17.5. The number of hydrazone groups is 1. The van der Waals surface area contributed by atoms with Gasteiger partial charge in [-0.05, 0) is 53.9 Å². The van der Waals surface area contributed by atoms with Crippen LogP contribution >= 0.6 is 11.6 Å². The van der Waals surface area contributed by atoms with Gasteiger partial charge in [-0.2, -0.15) is 10.4 Å². The Labute approximate surface area is 192 Å². The van der Waals surface area contributed by atoms with Gasteiger partial charge in [-0.25, -0.2) is 5.43 Å². The number of hydrogen-bond donors (Lipinski definition) is 1. The van der Waals surface area contributed by atoms with Crippen LogP contribution in [0.4, 0.5) is 0 Å². The van der Waals surface area contributed by atoms with Crippen molar-refractivity contribution in [2.24, 2.45) is 5.10 Å². The lowest BCUT2D eigenvalue weighted by molar-refractivity contribution is -0.121. The Balaban J connectivity index is 1.65. The van der Waals surface area contributed by atoms with Gasteiger partial charge in [-0.3, -0.25) is 4.79 Å². The molecule has 0 unspecified atom stereocenters. The number of benzene rings is 3. The fourth-order valence-electron chi connectivity index (χ4n) is 2.90. The Bertz CT molecular complexity index is 1110. The van der Waals surface area contributed by atoms with Crippen LogP contribution in [-0.2, 0) is 11.4 Å². The number of nitrogens with zero attached hydrogens (tertiary/aromatic N) is 2. The van der Waals surface area contributed by atoms with E-state index in [2.05, 4.69) is 10.5 Å². The molecule has 0 spiro atoms. The predicted molar refractivity (Wildman–Crippen MR) is 124 cm³/mol. The molecule has 1 N–H and O–H groups in total. The second kappa shape index (κ2) is 11.5. The molecule has 0 fully saturated rings. The standard InChI is InChI=1S/C25H22ClN3O3/c1-2-31-24-14-19(10-13-23(24)32-17-18-8-11-21(26)12-9-18)16-28-29-25(30)22(15-27)20-6-4-3-5-7-20/h3-14,16,22H,2,17H2,1H3,(H,29,30)/b28-16-/t22-/m0/s1. The van der Waals surface area contributed by atoms with E-state index in [1.54, 1.807) is 42.5 Å². The maximum Gasteiger partial charge on any atom is 0.261 e. The molecule has 0 radical (unpaired) electrons. The Morgan fingerprint density at radius 1 is 1.09 bits per heavy atom. The van der Waals surface area contributed by atoms with Crippen molar-refractivity contribution in [1.82, 2.24) is 5.43 Å². The summed E-state index contributed by atoms with van der Waals surface area (Å²) in [4.78, 5) is 12.3. The SMILES string of the molecule is CCOc1cc(/C=N\NC(=O)[C@@H](C#N)c2ccccc2)ccc1OCc1ccc(Cl)cc1. The molecule has 0 heterocycles. The van der Waals surface area contributed by atoms with E-state index in [0.717, 1.165) is 5.56 Å². The minimum atomic E-state index is -0.934. The Morgan fingerprint density at radius 2 is 1.84 bits per heavy atom. The van der Waals surface area contributed by atoms with E-state index in [-0.39, 0.29) is 0 Å². The summed E-state index contributed by atoms with van der Waals surface area (Å²) >= 11 is 5.92. The quantitative estimate of drug-likeness (QED) is 0.366. The number of rotatable bonds is 9. The second-order valence-electron chi connectivity index (χ2n) is 6.76. The summed E-state index contributed by atoms with van der Waals surface area (Å²) in [6.45, 7) is 2.72. The van der Waals surface area contributed by atoms with Gasteiger partial charge in [-0.15, -0.1) is 0 Å². The van der Waals surface area contributed by atoms with Crippen molar-refractivity contribution in [1.29, 1.82) is 5.26 Å². The molecule has 0 aliphatic rings. The highest BCUT2D eigenvalue weighted by atomic mass is 35.5. The number of carbonyl (C=O) groups is 1. The molecule has 7 heteroatoms. The number of ether oxygens (including phenoxy) is 2. The van der Waals surface area contributed by atoms with Crippen molar-refractivity contribution in [2.45, 2.75) is 19.4 Å². The highest BCUT2D eigenvalue weighted by molar-refractivity contribution is 6.30. The molecule has 0 bridgehead atoms. The van der Waals surface area contributed by atoms with Crippen molar-refractivity contribution < 1.29 is 14.3 Å². The number of amides is 1. The smallest absolute Gasteiger partial charge is 0.261 e. The van der Waals surface area contributed by atoms with Gasteiger partial charge >= 0.3 is 0 Å². The van der Waals surface area contributed by atoms with Crippen LogP contribution in [0, 0.1) is 11.3 Å². The van der Waals surface area contributed by atoms with E-state index in [1.165, 1.54) is 6.21 Å². The van der Waals surface area contributed by atoms with Crippen molar-refractivity contribution in [3.05, 3.63) is 94.5 Å². The Morgan fingerprint density at radius 3 is 2.53 bits per heavy atom. The maximum atomic E-state index is 12.3. The summed E-state index contributed by atoms with van der Waals surface area (Å²) in [5.41, 5.74) is 4.73. The first-order valence-electron chi connectivity index (χ1n) is 10.0. The third-order valence-corrected chi connectivity index (χ3v) is 4.74. The number of carbonyl (C=O) groups excluding carboxylic acids is 1. The average Bonchev–Trinajstić information content (AvgIpc) is 2.81. The average molecular weight is 448 g/mol. The molecular weight excluding hydrogens is 426 g/mol. The van der Waals surface area contributed by atoms with Crippen LogP contribution < -0.4 is 14.9 Å². The van der Waals surface area contributed by atoms with E-state index in [0.29, 0.717) is 40.9 Å². The molecule has 1 atom stereocenters. The molecule has 162 valence electrons. The fourth-order valence-corrected chi connectivity index (χ4v) is 3.03. The van der Waals surface area contributed by atoms with Crippen LogP contribution in [0.1, 0.15) is 29.5 Å². The van der Waals surface area contributed by atoms with Crippen LogP contribution in [0.15, 0.2) is 77.9 Å².